The maximum atomic E-state index is 12.7. The highest BCUT2D eigenvalue weighted by Crippen LogP contribution is 2.27. The van der Waals surface area contributed by atoms with Gasteiger partial charge in [0.15, 0.2) is 5.16 Å². The average molecular weight is 475 g/mol. The van der Waals surface area contributed by atoms with E-state index in [1.807, 2.05) is 48.9 Å². The highest BCUT2D eigenvalue weighted by molar-refractivity contribution is 7.99. The zero-order valence-electron chi connectivity index (χ0n) is 18.6. The van der Waals surface area contributed by atoms with Gasteiger partial charge in [-0.05, 0) is 49.2 Å². The van der Waals surface area contributed by atoms with E-state index in [1.54, 1.807) is 19.4 Å². The number of hydrogen-bond acceptors (Lipinski definition) is 6. The molecule has 1 amide bonds. The van der Waals surface area contributed by atoms with Crippen LogP contribution in [0.5, 0.6) is 5.75 Å². The Balaban J connectivity index is 1.76. The third kappa shape index (κ3) is 5.14. The number of imidazole rings is 1. The lowest BCUT2D eigenvalue weighted by Crippen LogP contribution is -2.23. The van der Waals surface area contributed by atoms with Crippen LogP contribution in [0.4, 0.5) is 5.69 Å². The first-order valence-corrected chi connectivity index (χ1v) is 12.2. The van der Waals surface area contributed by atoms with Gasteiger partial charge in [-0.15, -0.1) is 0 Å². The van der Waals surface area contributed by atoms with Crippen molar-refractivity contribution in [3.63, 3.8) is 0 Å². The van der Waals surface area contributed by atoms with Gasteiger partial charge in [0, 0.05) is 38.2 Å². The van der Waals surface area contributed by atoms with Crippen molar-refractivity contribution in [1.29, 1.82) is 0 Å². The Labute approximate surface area is 192 Å². The molecule has 8 nitrogen and oxygen atoms in total. The maximum absolute atomic E-state index is 12.7. The number of aromatic nitrogens is 2. The number of ether oxygens (including phenoxy) is 1. The average Bonchev–Trinajstić information content (AvgIpc) is 3.24. The van der Waals surface area contributed by atoms with Crippen molar-refractivity contribution in [1.82, 2.24) is 13.9 Å². The molecule has 0 saturated carbocycles. The molecule has 32 heavy (non-hydrogen) atoms. The normalized spacial score (nSPS) is 11.6. The molecular formula is C22H26N4O4S2. The molecule has 3 rings (SSSR count). The molecule has 0 aliphatic carbocycles. The lowest BCUT2D eigenvalue weighted by molar-refractivity contribution is -0.113. The van der Waals surface area contributed by atoms with E-state index in [-0.39, 0.29) is 16.6 Å². The third-order valence-corrected chi connectivity index (χ3v) is 7.72. The number of rotatable bonds is 8. The van der Waals surface area contributed by atoms with Gasteiger partial charge in [0.25, 0.3) is 0 Å². The molecule has 0 aliphatic rings. The second-order valence-electron chi connectivity index (χ2n) is 7.32. The second-order valence-corrected chi connectivity index (χ2v) is 10.4. The van der Waals surface area contributed by atoms with Gasteiger partial charge in [-0.25, -0.2) is 17.7 Å². The molecule has 0 aliphatic heterocycles. The lowest BCUT2D eigenvalue weighted by atomic mass is 10.1. The molecule has 0 bridgehead atoms. The maximum Gasteiger partial charge on any atom is 0.242 e. The summed E-state index contributed by atoms with van der Waals surface area (Å²) in [6.45, 7) is 3.67. The van der Waals surface area contributed by atoms with Crippen molar-refractivity contribution >= 4 is 33.4 Å². The summed E-state index contributed by atoms with van der Waals surface area (Å²) in [5.74, 6) is 0.588. The zero-order valence-corrected chi connectivity index (χ0v) is 20.3. The molecule has 2 aromatic carbocycles. The van der Waals surface area contributed by atoms with Crippen LogP contribution in [0.3, 0.4) is 0 Å². The van der Waals surface area contributed by atoms with E-state index in [0.29, 0.717) is 10.8 Å². The molecule has 170 valence electrons. The summed E-state index contributed by atoms with van der Waals surface area (Å²) in [5, 5.41) is 3.50. The molecular weight excluding hydrogens is 448 g/mol. The number of aryl methyl sites for hydroxylation is 1. The smallest absolute Gasteiger partial charge is 0.242 e. The van der Waals surface area contributed by atoms with Crippen molar-refractivity contribution in [2.24, 2.45) is 0 Å². The molecule has 0 saturated heterocycles. The molecule has 3 aromatic rings. The zero-order chi connectivity index (χ0) is 23.5. The van der Waals surface area contributed by atoms with Crippen LogP contribution in [0.15, 0.2) is 58.8 Å². The van der Waals surface area contributed by atoms with Crippen molar-refractivity contribution in [3.8, 4) is 11.4 Å². The standard InChI is InChI=1S/C22H26N4O4S2/c1-15-11-19(32(28,29)25(3)4)13-20(16(15)2)24-21(27)14-31-22-23-9-10-26(22)17-7-6-8-18(12-17)30-5/h6-13H,14H2,1-5H3,(H,24,27). The summed E-state index contributed by atoms with van der Waals surface area (Å²) in [6, 6.07) is 10.7. The Morgan fingerprint density at radius 1 is 1.22 bits per heavy atom. The van der Waals surface area contributed by atoms with Crippen LogP contribution in [-0.4, -0.2) is 55.1 Å². The monoisotopic (exact) mass is 474 g/mol. The lowest BCUT2D eigenvalue weighted by Gasteiger charge is -2.16. The molecule has 1 N–H and O–H groups in total. The van der Waals surface area contributed by atoms with Gasteiger partial charge in [0.05, 0.1) is 23.4 Å². The largest absolute Gasteiger partial charge is 0.497 e. The quantitative estimate of drug-likeness (QED) is 0.503. The van der Waals surface area contributed by atoms with Gasteiger partial charge in [0.1, 0.15) is 5.75 Å². The SMILES string of the molecule is COc1cccc(-n2ccnc2SCC(=O)Nc2cc(S(=O)(=O)N(C)C)cc(C)c2C)c1. The number of amides is 1. The number of sulfonamides is 1. The predicted molar refractivity (Wildman–Crippen MR) is 126 cm³/mol. The molecule has 10 heteroatoms. The highest BCUT2D eigenvalue weighted by atomic mass is 32.2. The Morgan fingerprint density at radius 2 is 1.97 bits per heavy atom. The van der Waals surface area contributed by atoms with Crippen LogP contribution in [0.1, 0.15) is 11.1 Å². The summed E-state index contributed by atoms with van der Waals surface area (Å²) < 4.78 is 33.3. The first-order valence-electron chi connectivity index (χ1n) is 9.77. The molecule has 0 fully saturated rings. The number of nitrogens with zero attached hydrogens (tertiary/aromatic N) is 3. The van der Waals surface area contributed by atoms with Crippen LogP contribution >= 0.6 is 11.8 Å². The molecule has 0 unspecified atom stereocenters. The van der Waals surface area contributed by atoms with E-state index in [9.17, 15) is 13.2 Å². The van der Waals surface area contributed by atoms with Crippen LogP contribution in [-0.2, 0) is 14.8 Å². The fourth-order valence-corrected chi connectivity index (χ4v) is 4.77. The summed E-state index contributed by atoms with van der Waals surface area (Å²) in [4.78, 5) is 17.2. The highest BCUT2D eigenvalue weighted by Gasteiger charge is 2.20. The second kappa shape index (κ2) is 9.76. The number of methoxy groups -OCH3 is 1. The van der Waals surface area contributed by atoms with Gasteiger partial charge in [-0.2, -0.15) is 0 Å². The minimum atomic E-state index is -3.61. The molecule has 0 radical (unpaired) electrons. The Morgan fingerprint density at radius 3 is 2.66 bits per heavy atom. The minimum absolute atomic E-state index is 0.115. The molecule has 1 heterocycles. The predicted octanol–water partition coefficient (Wildman–Crippen LogP) is 3.48. The fraction of sp³-hybridized carbons (Fsp3) is 0.273. The van der Waals surface area contributed by atoms with E-state index in [2.05, 4.69) is 10.3 Å². The van der Waals surface area contributed by atoms with Crippen LogP contribution in [0.25, 0.3) is 5.69 Å². The van der Waals surface area contributed by atoms with Gasteiger partial charge < -0.3 is 10.1 Å². The van der Waals surface area contributed by atoms with E-state index < -0.39 is 10.0 Å². The molecule has 0 atom stereocenters. The van der Waals surface area contributed by atoms with E-state index in [0.717, 1.165) is 26.9 Å². The van der Waals surface area contributed by atoms with E-state index >= 15 is 0 Å². The summed E-state index contributed by atoms with van der Waals surface area (Å²) >= 11 is 1.29. The van der Waals surface area contributed by atoms with Crippen LogP contribution < -0.4 is 10.1 Å². The Bertz CT molecular complexity index is 1240. The van der Waals surface area contributed by atoms with E-state index in [4.69, 9.17) is 4.74 Å². The van der Waals surface area contributed by atoms with Gasteiger partial charge in [-0.3, -0.25) is 9.36 Å². The number of benzene rings is 2. The first kappa shape index (κ1) is 23.8. The van der Waals surface area contributed by atoms with Gasteiger partial charge >= 0.3 is 0 Å². The summed E-state index contributed by atoms with van der Waals surface area (Å²) in [7, 11) is 0.948. The number of hydrogen-bond donors (Lipinski definition) is 1. The van der Waals surface area contributed by atoms with Crippen molar-refractivity contribution in [3.05, 3.63) is 59.9 Å². The first-order chi connectivity index (χ1) is 15.1. The summed E-state index contributed by atoms with van der Waals surface area (Å²) in [6.07, 6.45) is 3.49. The van der Waals surface area contributed by atoms with E-state index in [1.165, 1.54) is 31.9 Å². The molecule has 1 aromatic heterocycles. The number of nitrogens with one attached hydrogen (secondary N) is 1. The van der Waals surface area contributed by atoms with Crippen LogP contribution in [0, 0.1) is 13.8 Å². The number of carbonyl (C=O) groups excluding carboxylic acids is 1. The number of thioether (sulfide) groups is 1. The van der Waals surface area contributed by atoms with Crippen LogP contribution in [0.2, 0.25) is 0 Å². The van der Waals surface area contributed by atoms with Gasteiger partial charge in [0.2, 0.25) is 15.9 Å². The van der Waals surface area contributed by atoms with Crippen molar-refractivity contribution < 1.29 is 17.9 Å². The minimum Gasteiger partial charge on any atom is -0.497 e. The van der Waals surface area contributed by atoms with Crippen molar-refractivity contribution in [2.45, 2.75) is 23.9 Å². The summed E-state index contributed by atoms with van der Waals surface area (Å²) in [5.41, 5.74) is 2.95. The Kier molecular flexibility index (Phi) is 7.27. The fourth-order valence-electron chi connectivity index (χ4n) is 2.99. The third-order valence-electron chi connectivity index (χ3n) is 4.96. The Hall–Kier alpha value is -2.82. The van der Waals surface area contributed by atoms with Crippen molar-refractivity contribution in [2.75, 3.05) is 32.3 Å². The molecule has 0 spiro atoms. The van der Waals surface area contributed by atoms with Gasteiger partial charge in [-0.1, -0.05) is 17.8 Å². The topological polar surface area (TPSA) is 93.5 Å². The number of carbonyl (C=O) groups is 1. The number of anilines is 1.